The number of sulfonamides is 1. The van der Waals surface area contributed by atoms with E-state index in [0.29, 0.717) is 6.07 Å². The molecule has 2 atom stereocenters. The first-order valence-electron chi connectivity index (χ1n) is 9.27. The van der Waals surface area contributed by atoms with Crippen LogP contribution < -0.4 is 5.14 Å². The van der Waals surface area contributed by atoms with Crippen molar-refractivity contribution in [1.82, 2.24) is 10.1 Å². The molecule has 1 fully saturated rings. The summed E-state index contributed by atoms with van der Waals surface area (Å²) in [7, 11) is -3.77. The number of hydrogen-bond acceptors (Lipinski definition) is 5. The zero-order chi connectivity index (χ0) is 22.4. The number of halogens is 3. The van der Waals surface area contributed by atoms with Gasteiger partial charge in [0.25, 0.3) is 5.89 Å². The summed E-state index contributed by atoms with van der Waals surface area (Å²) in [5.41, 5.74) is -0.142. The lowest BCUT2D eigenvalue weighted by atomic mass is 10.0. The molecule has 2 aromatic rings. The zero-order valence-electron chi connectivity index (χ0n) is 16.9. The highest BCUT2D eigenvalue weighted by Crippen LogP contribution is 2.66. The standard InChI is InChI=1S/C20H22F3N3O3S/c1-5-11(30(24,27)28)7-6-10(2)15-16(20(15,3)4)18-25-19(29-26-18)14-12(21)8-9-13(22)17(14)23/h6-9,15-16H,5H2,1-4H3,(H2,24,27,28)/b10-6+,11-7+/t15-,16+/m0/s1. The molecule has 0 radical (unpaired) electrons. The normalized spacial score (nSPS) is 21.7. The van der Waals surface area contributed by atoms with Gasteiger partial charge in [-0.2, -0.15) is 4.98 Å². The number of hydrogen-bond donors (Lipinski definition) is 1. The summed E-state index contributed by atoms with van der Waals surface area (Å²) in [6.45, 7) is 7.45. The van der Waals surface area contributed by atoms with Crippen molar-refractivity contribution in [2.75, 3.05) is 0 Å². The summed E-state index contributed by atoms with van der Waals surface area (Å²) in [4.78, 5) is 4.21. The van der Waals surface area contributed by atoms with E-state index in [0.717, 1.165) is 11.6 Å². The van der Waals surface area contributed by atoms with Gasteiger partial charge in [-0.3, -0.25) is 0 Å². The summed E-state index contributed by atoms with van der Waals surface area (Å²) in [6, 6.07) is 1.47. The van der Waals surface area contributed by atoms with Gasteiger partial charge in [0.05, 0.1) is 4.91 Å². The van der Waals surface area contributed by atoms with Gasteiger partial charge in [0.15, 0.2) is 17.5 Å². The molecule has 0 aliphatic heterocycles. The van der Waals surface area contributed by atoms with Gasteiger partial charge in [0.1, 0.15) is 11.4 Å². The van der Waals surface area contributed by atoms with Crippen LogP contribution in [0, 0.1) is 28.8 Å². The number of benzene rings is 1. The third-order valence-electron chi connectivity index (χ3n) is 5.54. The van der Waals surface area contributed by atoms with Crippen LogP contribution in [0.1, 0.15) is 45.9 Å². The van der Waals surface area contributed by atoms with Gasteiger partial charge in [-0.15, -0.1) is 0 Å². The van der Waals surface area contributed by atoms with Gasteiger partial charge in [-0.05, 0) is 42.9 Å². The summed E-state index contributed by atoms with van der Waals surface area (Å²) in [5.74, 6) is -4.10. The molecule has 2 N–H and O–H groups in total. The highest BCUT2D eigenvalue weighted by Gasteiger charge is 2.61. The molecule has 0 spiro atoms. The Morgan fingerprint density at radius 2 is 1.87 bits per heavy atom. The zero-order valence-corrected chi connectivity index (χ0v) is 17.7. The minimum atomic E-state index is -3.77. The average molecular weight is 441 g/mol. The van der Waals surface area contributed by atoms with Crippen LogP contribution in [0.4, 0.5) is 13.2 Å². The Kier molecular flexibility index (Phi) is 5.68. The molecule has 0 unspecified atom stereocenters. The Labute approximate surface area is 172 Å². The molecule has 3 rings (SSSR count). The van der Waals surface area contributed by atoms with E-state index < -0.39 is 38.9 Å². The number of aromatic nitrogens is 2. The molecular weight excluding hydrogens is 419 g/mol. The topological polar surface area (TPSA) is 99.1 Å². The number of nitrogens with two attached hydrogens (primary N) is 1. The summed E-state index contributed by atoms with van der Waals surface area (Å²) in [6.07, 6.45) is 3.41. The van der Waals surface area contributed by atoms with Crippen LogP contribution in [0.25, 0.3) is 11.5 Å². The molecule has 0 saturated heterocycles. The van der Waals surface area contributed by atoms with Crippen molar-refractivity contribution in [3.63, 3.8) is 0 Å². The second-order valence-electron chi connectivity index (χ2n) is 7.89. The Morgan fingerprint density at radius 3 is 2.47 bits per heavy atom. The molecule has 1 aromatic carbocycles. The molecule has 1 saturated carbocycles. The highest BCUT2D eigenvalue weighted by atomic mass is 32.2. The molecule has 1 aliphatic rings. The Hall–Kier alpha value is -2.46. The van der Waals surface area contributed by atoms with E-state index in [9.17, 15) is 21.6 Å². The van der Waals surface area contributed by atoms with E-state index >= 15 is 0 Å². The van der Waals surface area contributed by atoms with Crippen LogP contribution in [0.2, 0.25) is 0 Å². The molecule has 1 heterocycles. The Morgan fingerprint density at radius 1 is 1.23 bits per heavy atom. The second-order valence-corrected chi connectivity index (χ2v) is 9.51. The average Bonchev–Trinajstić information content (AvgIpc) is 2.98. The molecule has 162 valence electrons. The third kappa shape index (κ3) is 3.93. The van der Waals surface area contributed by atoms with Gasteiger partial charge in [-0.25, -0.2) is 26.7 Å². The van der Waals surface area contributed by atoms with E-state index in [2.05, 4.69) is 10.1 Å². The Balaban J connectivity index is 1.91. The van der Waals surface area contributed by atoms with Crippen LogP contribution in [0.5, 0.6) is 0 Å². The minimum absolute atomic E-state index is 0.0556. The summed E-state index contributed by atoms with van der Waals surface area (Å²) >= 11 is 0. The van der Waals surface area contributed by atoms with Crippen molar-refractivity contribution in [1.29, 1.82) is 0 Å². The quantitative estimate of drug-likeness (QED) is 0.528. The van der Waals surface area contributed by atoms with Crippen molar-refractivity contribution in [3.05, 3.63) is 58.0 Å². The maximum atomic E-state index is 14.0. The summed E-state index contributed by atoms with van der Waals surface area (Å²) < 4.78 is 69.6. The number of primary sulfonamides is 1. The van der Waals surface area contributed by atoms with E-state index in [1.165, 1.54) is 6.08 Å². The molecule has 6 nitrogen and oxygen atoms in total. The fraction of sp³-hybridized carbons (Fsp3) is 0.400. The SMILES string of the molecule is CC/C(=C\C=C(/C)[C@H]1[C@H](c2noc(-c3c(F)ccc(F)c3F)n2)C1(C)C)S(N)(=O)=O. The van der Waals surface area contributed by atoms with Crippen LogP contribution in [0.3, 0.4) is 0 Å². The molecule has 1 aromatic heterocycles. The first-order valence-corrected chi connectivity index (χ1v) is 10.8. The fourth-order valence-electron chi connectivity index (χ4n) is 3.90. The largest absolute Gasteiger partial charge is 0.334 e. The number of nitrogens with zero attached hydrogens (tertiary/aromatic N) is 2. The lowest BCUT2D eigenvalue weighted by Crippen LogP contribution is -2.13. The fourth-order valence-corrected chi connectivity index (χ4v) is 4.56. The molecule has 10 heteroatoms. The van der Waals surface area contributed by atoms with Gasteiger partial charge in [0.2, 0.25) is 10.0 Å². The smallest absolute Gasteiger partial charge is 0.264 e. The molecule has 30 heavy (non-hydrogen) atoms. The maximum absolute atomic E-state index is 14.0. The van der Waals surface area contributed by atoms with Crippen LogP contribution in [-0.4, -0.2) is 18.6 Å². The van der Waals surface area contributed by atoms with Crippen LogP contribution in [-0.2, 0) is 10.0 Å². The van der Waals surface area contributed by atoms with Crippen molar-refractivity contribution >= 4 is 10.0 Å². The predicted octanol–water partition coefficient (Wildman–Crippen LogP) is 4.42. The first kappa shape index (κ1) is 22.2. The van der Waals surface area contributed by atoms with Gasteiger partial charge < -0.3 is 4.52 Å². The predicted molar refractivity (Wildman–Crippen MR) is 105 cm³/mol. The van der Waals surface area contributed by atoms with Gasteiger partial charge in [-0.1, -0.05) is 37.6 Å². The van der Waals surface area contributed by atoms with Crippen LogP contribution >= 0.6 is 0 Å². The van der Waals surface area contributed by atoms with E-state index in [4.69, 9.17) is 9.66 Å². The van der Waals surface area contributed by atoms with Gasteiger partial charge in [0, 0.05) is 5.92 Å². The van der Waals surface area contributed by atoms with E-state index in [-0.39, 0.29) is 34.4 Å². The maximum Gasteiger partial charge on any atom is 0.264 e. The molecular formula is C20H22F3N3O3S. The highest BCUT2D eigenvalue weighted by molar-refractivity contribution is 7.93. The molecule has 0 amide bonds. The molecule has 1 aliphatic carbocycles. The van der Waals surface area contributed by atoms with E-state index in [1.807, 2.05) is 20.8 Å². The lowest BCUT2D eigenvalue weighted by Gasteiger charge is -2.03. The number of rotatable bonds is 6. The van der Waals surface area contributed by atoms with Crippen molar-refractivity contribution in [3.8, 4) is 11.5 Å². The van der Waals surface area contributed by atoms with Gasteiger partial charge >= 0.3 is 0 Å². The van der Waals surface area contributed by atoms with Crippen LogP contribution in [0.15, 0.2) is 39.3 Å². The third-order valence-corrected chi connectivity index (χ3v) is 6.70. The lowest BCUT2D eigenvalue weighted by molar-refractivity contribution is 0.411. The number of allylic oxidation sites excluding steroid dienone is 4. The Bertz CT molecular complexity index is 1150. The monoisotopic (exact) mass is 441 g/mol. The second kappa shape index (κ2) is 7.66. The first-order chi connectivity index (χ1) is 13.9. The van der Waals surface area contributed by atoms with Crippen molar-refractivity contribution < 1.29 is 26.1 Å². The van der Waals surface area contributed by atoms with E-state index in [1.54, 1.807) is 13.0 Å². The summed E-state index contributed by atoms with van der Waals surface area (Å²) in [5, 5.41) is 9.03. The molecule has 0 bridgehead atoms. The van der Waals surface area contributed by atoms with Crippen molar-refractivity contribution in [2.45, 2.75) is 40.0 Å². The minimum Gasteiger partial charge on any atom is -0.334 e. The van der Waals surface area contributed by atoms with Crippen molar-refractivity contribution in [2.24, 2.45) is 16.5 Å².